The number of amides is 1. The summed E-state index contributed by atoms with van der Waals surface area (Å²) in [5.41, 5.74) is 3.15. The summed E-state index contributed by atoms with van der Waals surface area (Å²) in [5, 5.41) is 0.955. The molecule has 1 N–H and O–H groups in total. The van der Waals surface area contributed by atoms with Gasteiger partial charge < -0.3 is 0 Å². The predicted molar refractivity (Wildman–Crippen MR) is 59.4 cm³/mol. The van der Waals surface area contributed by atoms with Crippen molar-refractivity contribution in [2.24, 2.45) is 0 Å². The molecular weight excluding hydrogens is 245 g/mol. The highest BCUT2D eigenvalue weighted by molar-refractivity contribution is 5.77. The summed E-state index contributed by atoms with van der Waals surface area (Å²) < 4.78 is 39.4. The zero-order valence-electron chi connectivity index (χ0n) is 9.79. The third-order valence-electron chi connectivity index (χ3n) is 2.83. The van der Waals surface area contributed by atoms with Gasteiger partial charge in [-0.25, -0.2) is 5.01 Å². The van der Waals surface area contributed by atoms with Crippen molar-refractivity contribution in [2.45, 2.75) is 25.6 Å². The fourth-order valence-electron chi connectivity index (χ4n) is 2.07. The first kappa shape index (κ1) is 12.9. The van der Waals surface area contributed by atoms with E-state index in [1.165, 1.54) is 12.1 Å². The molecule has 1 atom stereocenters. The van der Waals surface area contributed by atoms with Crippen LogP contribution in [0.5, 0.6) is 0 Å². The van der Waals surface area contributed by atoms with Crippen LogP contribution in [0.25, 0.3) is 0 Å². The molecule has 0 aromatic heterocycles. The SMILES string of the molecule is Cc1cccc(C(N2CCC(=O)N2)C(F)(F)F)c1. The number of aryl methyl sites for hydroxylation is 1. The average Bonchev–Trinajstić information content (AvgIpc) is 2.62. The Morgan fingerprint density at radius 3 is 2.61 bits per heavy atom. The monoisotopic (exact) mass is 258 g/mol. The van der Waals surface area contributed by atoms with Gasteiger partial charge in [0.15, 0.2) is 0 Å². The van der Waals surface area contributed by atoms with Crippen molar-refractivity contribution in [3.63, 3.8) is 0 Å². The van der Waals surface area contributed by atoms with E-state index in [0.717, 1.165) is 10.6 Å². The Labute approximate surface area is 103 Å². The maximum Gasteiger partial charge on any atom is 0.409 e. The minimum atomic E-state index is -4.43. The van der Waals surface area contributed by atoms with Crippen molar-refractivity contribution in [1.29, 1.82) is 0 Å². The van der Waals surface area contributed by atoms with Gasteiger partial charge in [0.05, 0.1) is 0 Å². The minimum Gasteiger partial charge on any atom is -0.288 e. The van der Waals surface area contributed by atoms with E-state index < -0.39 is 12.2 Å². The van der Waals surface area contributed by atoms with Crippen LogP contribution in [0.15, 0.2) is 24.3 Å². The fraction of sp³-hybridized carbons (Fsp3) is 0.417. The molecule has 0 radical (unpaired) electrons. The van der Waals surface area contributed by atoms with E-state index in [0.29, 0.717) is 0 Å². The van der Waals surface area contributed by atoms with Gasteiger partial charge in [0.1, 0.15) is 6.04 Å². The Kier molecular flexibility index (Phi) is 3.30. The van der Waals surface area contributed by atoms with E-state index in [1.54, 1.807) is 19.1 Å². The van der Waals surface area contributed by atoms with Crippen molar-refractivity contribution in [3.8, 4) is 0 Å². The van der Waals surface area contributed by atoms with Crippen LogP contribution in [0.4, 0.5) is 13.2 Å². The molecule has 1 aliphatic rings. The molecule has 1 saturated heterocycles. The average molecular weight is 258 g/mol. The van der Waals surface area contributed by atoms with Crippen molar-refractivity contribution in [3.05, 3.63) is 35.4 Å². The van der Waals surface area contributed by atoms with Gasteiger partial charge in [-0.3, -0.25) is 10.2 Å². The van der Waals surface area contributed by atoms with Crippen LogP contribution in [0.1, 0.15) is 23.6 Å². The molecule has 1 heterocycles. The maximum atomic E-state index is 13.1. The third kappa shape index (κ3) is 2.64. The lowest BCUT2D eigenvalue weighted by atomic mass is 10.0. The highest BCUT2D eigenvalue weighted by atomic mass is 19.4. The Hall–Kier alpha value is -1.56. The summed E-state index contributed by atoms with van der Waals surface area (Å²) >= 11 is 0. The second-order valence-electron chi connectivity index (χ2n) is 4.34. The van der Waals surface area contributed by atoms with Crippen LogP contribution in [-0.4, -0.2) is 23.6 Å². The summed E-state index contributed by atoms with van der Waals surface area (Å²) in [5.74, 6) is -0.378. The standard InChI is InChI=1S/C12H13F3N2O/c1-8-3-2-4-9(7-8)11(12(13,14)15)17-6-5-10(18)16-17/h2-4,7,11H,5-6H2,1H3,(H,16,18). The molecule has 1 unspecified atom stereocenters. The van der Waals surface area contributed by atoms with Crippen LogP contribution in [0.3, 0.4) is 0 Å². The van der Waals surface area contributed by atoms with Crippen LogP contribution >= 0.6 is 0 Å². The van der Waals surface area contributed by atoms with E-state index in [-0.39, 0.29) is 24.4 Å². The second-order valence-corrected chi connectivity index (χ2v) is 4.34. The first-order chi connectivity index (χ1) is 8.38. The number of halogens is 3. The van der Waals surface area contributed by atoms with Crippen LogP contribution in [0.2, 0.25) is 0 Å². The molecular formula is C12H13F3N2O. The molecule has 1 fully saturated rings. The summed E-state index contributed by atoms with van der Waals surface area (Å²) in [6.45, 7) is 1.80. The summed E-state index contributed by atoms with van der Waals surface area (Å²) in [4.78, 5) is 11.1. The molecule has 0 spiro atoms. The van der Waals surface area contributed by atoms with Gasteiger partial charge >= 0.3 is 6.18 Å². The van der Waals surface area contributed by atoms with Gasteiger partial charge in [-0.2, -0.15) is 13.2 Å². The Morgan fingerprint density at radius 1 is 1.39 bits per heavy atom. The largest absolute Gasteiger partial charge is 0.409 e. The Morgan fingerprint density at radius 2 is 2.11 bits per heavy atom. The number of hydrazine groups is 1. The molecule has 6 heteroatoms. The highest BCUT2D eigenvalue weighted by Gasteiger charge is 2.46. The molecule has 0 saturated carbocycles. The molecule has 1 aromatic rings. The number of nitrogens with one attached hydrogen (secondary N) is 1. The number of rotatable bonds is 2. The molecule has 18 heavy (non-hydrogen) atoms. The van der Waals surface area contributed by atoms with E-state index >= 15 is 0 Å². The van der Waals surface area contributed by atoms with Crippen molar-refractivity contribution in [1.82, 2.24) is 10.4 Å². The minimum absolute atomic E-state index is 0.0664. The quantitative estimate of drug-likeness (QED) is 0.883. The van der Waals surface area contributed by atoms with Crippen molar-refractivity contribution >= 4 is 5.91 Å². The molecule has 1 aromatic carbocycles. The molecule has 3 nitrogen and oxygen atoms in total. The van der Waals surface area contributed by atoms with E-state index in [2.05, 4.69) is 5.43 Å². The number of carbonyl (C=O) groups excluding carboxylic acids is 1. The van der Waals surface area contributed by atoms with Gasteiger partial charge in [0.25, 0.3) is 0 Å². The van der Waals surface area contributed by atoms with Crippen molar-refractivity contribution < 1.29 is 18.0 Å². The van der Waals surface area contributed by atoms with Gasteiger partial charge in [-0.05, 0) is 12.5 Å². The van der Waals surface area contributed by atoms with E-state index in [9.17, 15) is 18.0 Å². The number of alkyl halides is 3. The lowest BCUT2D eigenvalue weighted by Gasteiger charge is -2.29. The van der Waals surface area contributed by atoms with Crippen molar-refractivity contribution in [2.75, 3.05) is 6.54 Å². The lowest BCUT2D eigenvalue weighted by Crippen LogP contribution is -2.43. The molecule has 0 aliphatic carbocycles. The second kappa shape index (κ2) is 4.61. The Bertz CT molecular complexity index is 459. The normalized spacial score (nSPS) is 18.8. The maximum absolute atomic E-state index is 13.1. The van der Waals surface area contributed by atoms with Gasteiger partial charge in [-0.1, -0.05) is 29.8 Å². The Balaban J connectivity index is 2.34. The van der Waals surface area contributed by atoms with E-state index in [1.807, 2.05) is 0 Å². The zero-order chi connectivity index (χ0) is 13.3. The number of nitrogens with zero attached hydrogens (tertiary/aromatic N) is 1. The fourth-order valence-corrected chi connectivity index (χ4v) is 2.07. The molecule has 0 bridgehead atoms. The number of hydrogen-bond acceptors (Lipinski definition) is 2. The first-order valence-electron chi connectivity index (χ1n) is 5.57. The molecule has 1 amide bonds. The van der Waals surface area contributed by atoms with Crippen LogP contribution < -0.4 is 5.43 Å². The predicted octanol–water partition coefficient (Wildman–Crippen LogP) is 2.34. The summed E-state index contributed by atoms with van der Waals surface area (Å²) in [6, 6.07) is 4.45. The molecule has 2 rings (SSSR count). The van der Waals surface area contributed by atoms with Gasteiger partial charge in [-0.15, -0.1) is 0 Å². The smallest absolute Gasteiger partial charge is 0.288 e. The lowest BCUT2D eigenvalue weighted by molar-refractivity contribution is -0.191. The molecule has 1 aliphatic heterocycles. The molecule has 98 valence electrons. The van der Waals surface area contributed by atoms with Crippen LogP contribution in [0, 0.1) is 6.92 Å². The number of carbonyl (C=O) groups is 1. The first-order valence-corrected chi connectivity index (χ1v) is 5.57. The zero-order valence-corrected chi connectivity index (χ0v) is 9.79. The van der Waals surface area contributed by atoms with Gasteiger partial charge in [0.2, 0.25) is 5.91 Å². The summed E-state index contributed by atoms with van der Waals surface area (Å²) in [7, 11) is 0. The summed E-state index contributed by atoms with van der Waals surface area (Å²) in [6.07, 6.45) is -4.33. The number of hydrogen-bond donors (Lipinski definition) is 1. The topological polar surface area (TPSA) is 32.3 Å². The van der Waals surface area contributed by atoms with E-state index in [4.69, 9.17) is 0 Å². The highest BCUT2D eigenvalue weighted by Crippen LogP contribution is 2.37. The van der Waals surface area contributed by atoms with Gasteiger partial charge in [0, 0.05) is 13.0 Å². The number of benzene rings is 1. The van der Waals surface area contributed by atoms with Crippen LogP contribution in [-0.2, 0) is 4.79 Å². The third-order valence-corrected chi connectivity index (χ3v) is 2.83.